The fourth-order valence-electron chi connectivity index (χ4n) is 6.12. The Labute approximate surface area is 420 Å². The first kappa shape index (κ1) is 57.8. The fraction of sp³-hybridized carbons (Fsp3) is 0.196. The smallest absolute Gasteiger partial charge is 0.493 e. The van der Waals surface area contributed by atoms with Gasteiger partial charge in [-0.15, -0.1) is 26.3 Å². The van der Waals surface area contributed by atoms with Gasteiger partial charge >= 0.3 is 31.0 Å². The highest BCUT2D eigenvalue weighted by molar-refractivity contribution is 9.10. The maximum atomic E-state index is 15.2. The number of hydrogen-bond acceptors (Lipinski definition) is 12. The molecule has 6 rings (SSSR count). The molecule has 29 heteroatoms. The molecule has 14 nitrogen and oxygen atoms in total. The van der Waals surface area contributed by atoms with Crippen LogP contribution in [0.2, 0.25) is 0 Å². The first-order chi connectivity index (χ1) is 34.8. The summed E-state index contributed by atoms with van der Waals surface area (Å²) in [5.41, 5.74) is -5.38. The van der Waals surface area contributed by atoms with Crippen LogP contribution in [-0.2, 0) is 17.1 Å². The Morgan fingerprint density at radius 1 is 0.520 bits per heavy atom. The molecule has 0 aliphatic carbocycles. The standard InChI is InChI=1S/C24H17F7N2O6.C22H14BrF7N2O4/c1-11-10-32-15(22(35)37-3)9-14(11)33-21(34)19-17(7-5-13(20(19)25)23(26,27)28)38-16-6-4-12(8-18(16)36-2)39-24(29,30)31;1-10-9-31-17(23)8-13(10)32-20(33)18-15(6-4-12(19(18)24)21(25,26)27)35-14-5-3-11(7-16(14)34-2)36-22(28,29)30/h4-10H,1-3H3,(H,32,33,34);3-9H,1-2H3,(H,31,32,33). The number of hydrogen-bond donors (Lipinski definition) is 2. The first-order valence-electron chi connectivity index (χ1n) is 20.2. The summed E-state index contributed by atoms with van der Waals surface area (Å²) < 4.78 is 219. The molecule has 0 unspecified atom stereocenters. The quantitative estimate of drug-likeness (QED) is 0.0639. The number of aromatic nitrogens is 2. The Bertz CT molecular complexity index is 3120. The van der Waals surface area contributed by atoms with Crippen molar-refractivity contribution in [1.82, 2.24) is 9.97 Å². The van der Waals surface area contributed by atoms with Crippen LogP contribution in [0.1, 0.15) is 53.5 Å². The van der Waals surface area contributed by atoms with Gasteiger partial charge in [0.2, 0.25) is 0 Å². The number of ether oxygens (including phenoxy) is 7. The Kier molecular flexibility index (Phi) is 17.7. The number of nitrogens with zero attached hydrogens (tertiary/aromatic N) is 2. The van der Waals surface area contributed by atoms with E-state index in [9.17, 15) is 67.1 Å². The molecule has 0 aliphatic heterocycles. The van der Waals surface area contributed by atoms with Crippen molar-refractivity contribution in [1.29, 1.82) is 0 Å². The molecule has 4 aromatic carbocycles. The van der Waals surface area contributed by atoms with Crippen molar-refractivity contribution in [3.8, 4) is 46.0 Å². The molecule has 0 saturated heterocycles. The number of anilines is 2. The number of pyridine rings is 2. The van der Waals surface area contributed by atoms with Crippen LogP contribution in [0.5, 0.6) is 46.0 Å². The normalized spacial score (nSPS) is 11.6. The molecule has 0 spiro atoms. The third kappa shape index (κ3) is 15.0. The second-order valence-electron chi connectivity index (χ2n) is 14.6. The van der Waals surface area contributed by atoms with Crippen LogP contribution in [0.3, 0.4) is 0 Å². The predicted molar refractivity (Wildman–Crippen MR) is 235 cm³/mol. The van der Waals surface area contributed by atoms with Gasteiger partial charge < -0.3 is 43.8 Å². The number of nitrogens with one attached hydrogen (secondary N) is 2. The molecule has 0 aliphatic rings. The highest BCUT2D eigenvalue weighted by atomic mass is 79.9. The van der Waals surface area contributed by atoms with Crippen molar-refractivity contribution in [2.75, 3.05) is 32.0 Å². The number of esters is 1. The minimum absolute atomic E-state index is 0.107. The van der Waals surface area contributed by atoms with E-state index < -0.39 is 99.7 Å². The van der Waals surface area contributed by atoms with Gasteiger partial charge in [0.15, 0.2) is 34.6 Å². The van der Waals surface area contributed by atoms with Gasteiger partial charge in [-0.05, 0) is 102 Å². The van der Waals surface area contributed by atoms with Crippen molar-refractivity contribution < 1.29 is 109 Å². The van der Waals surface area contributed by atoms with Crippen molar-refractivity contribution in [3.05, 3.63) is 141 Å². The van der Waals surface area contributed by atoms with Crippen molar-refractivity contribution >= 4 is 45.1 Å². The molecular formula is C46H31BrF14N4O10. The van der Waals surface area contributed by atoms with Gasteiger partial charge in [-0.25, -0.2) is 23.5 Å². The van der Waals surface area contributed by atoms with Gasteiger partial charge in [0.1, 0.15) is 44.4 Å². The summed E-state index contributed by atoms with van der Waals surface area (Å²) in [4.78, 5) is 45.5. The van der Waals surface area contributed by atoms with Crippen LogP contribution in [0.25, 0.3) is 0 Å². The second kappa shape index (κ2) is 23.0. The highest BCUT2D eigenvalue weighted by Crippen LogP contribution is 2.43. The molecule has 6 aromatic rings. The summed E-state index contributed by atoms with van der Waals surface area (Å²) in [6.07, 6.45) is -17.9. The minimum atomic E-state index is -5.20. The number of aryl methyl sites for hydroxylation is 2. The number of carbonyl (C=O) groups is 3. The number of benzene rings is 4. The van der Waals surface area contributed by atoms with E-state index in [1.165, 1.54) is 19.2 Å². The third-order valence-electron chi connectivity index (χ3n) is 9.51. The SMILES string of the molecule is COC(=O)c1cc(NC(=O)c2c(Oc3ccc(OC(F)(F)F)cc3OC)ccc(C(F)(F)F)c2F)c(C)cn1.COc1cc(OC(F)(F)F)ccc1Oc1ccc(C(F)(F)F)c(F)c1C(=O)Nc1cc(Br)ncc1C. The van der Waals surface area contributed by atoms with E-state index in [1.54, 1.807) is 6.92 Å². The van der Waals surface area contributed by atoms with E-state index in [0.717, 1.165) is 70.0 Å². The zero-order valence-electron chi connectivity index (χ0n) is 38.2. The molecule has 2 N–H and O–H groups in total. The van der Waals surface area contributed by atoms with E-state index in [2.05, 4.69) is 50.7 Å². The average molecular weight is 1150 g/mol. The van der Waals surface area contributed by atoms with Crippen LogP contribution in [0.4, 0.5) is 72.8 Å². The Balaban J connectivity index is 0.000000278. The molecule has 75 heavy (non-hydrogen) atoms. The molecule has 0 saturated carbocycles. The lowest BCUT2D eigenvalue weighted by Gasteiger charge is -2.18. The van der Waals surface area contributed by atoms with Gasteiger partial charge in [-0.2, -0.15) is 26.3 Å². The lowest BCUT2D eigenvalue weighted by molar-refractivity contribution is -0.275. The Morgan fingerprint density at radius 3 is 1.28 bits per heavy atom. The van der Waals surface area contributed by atoms with Crippen molar-refractivity contribution in [3.63, 3.8) is 0 Å². The Hall–Kier alpha value is -8.11. The highest BCUT2D eigenvalue weighted by Gasteiger charge is 2.40. The maximum absolute atomic E-state index is 15.2. The van der Waals surface area contributed by atoms with E-state index in [1.807, 2.05) is 0 Å². The number of halogens is 15. The second-order valence-corrected chi connectivity index (χ2v) is 15.4. The summed E-state index contributed by atoms with van der Waals surface area (Å²) in [5.74, 6) is -11.7. The largest absolute Gasteiger partial charge is 0.573 e. The molecule has 400 valence electrons. The predicted octanol–water partition coefficient (Wildman–Crippen LogP) is 13.5. The van der Waals surface area contributed by atoms with E-state index >= 15 is 8.78 Å². The molecule has 0 bridgehead atoms. The van der Waals surface area contributed by atoms with Crippen LogP contribution < -0.4 is 39.1 Å². The minimum Gasteiger partial charge on any atom is -0.493 e. The molecular weight excluding hydrogens is 1110 g/mol. The average Bonchev–Trinajstić information content (AvgIpc) is 3.30. The summed E-state index contributed by atoms with van der Waals surface area (Å²) in [7, 11) is 3.19. The van der Waals surface area contributed by atoms with Gasteiger partial charge in [-0.3, -0.25) is 9.59 Å². The van der Waals surface area contributed by atoms with Crippen molar-refractivity contribution in [2.24, 2.45) is 0 Å². The lowest BCUT2D eigenvalue weighted by Crippen LogP contribution is -2.20. The molecule has 0 fully saturated rings. The molecule has 2 aromatic heterocycles. The zero-order chi connectivity index (χ0) is 56.0. The zero-order valence-corrected chi connectivity index (χ0v) is 39.8. The molecule has 2 heterocycles. The summed E-state index contributed by atoms with van der Waals surface area (Å²) >= 11 is 3.09. The topological polar surface area (TPSA) is 166 Å². The Morgan fingerprint density at radius 2 is 0.907 bits per heavy atom. The molecule has 0 radical (unpaired) electrons. The lowest BCUT2D eigenvalue weighted by atomic mass is 10.1. The van der Waals surface area contributed by atoms with E-state index in [4.69, 9.17) is 18.9 Å². The van der Waals surface area contributed by atoms with E-state index in [-0.39, 0.29) is 50.2 Å². The summed E-state index contributed by atoms with van der Waals surface area (Å²) in [6, 6.07) is 9.51. The van der Waals surface area contributed by atoms with Gasteiger partial charge in [0, 0.05) is 35.9 Å². The number of methoxy groups -OCH3 is 3. The summed E-state index contributed by atoms with van der Waals surface area (Å²) in [5, 5.41) is 4.51. The number of rotatable bonds is 13. The molecule has 2 amide bonds. The van der Waals surface area contributed by atoms with Crippen molar-refractivity contribution in [2.45, 2.75) is 38.9 Å². The van der Waals surface area contributed by atoms with Gasteiger partial charge in [0.25, 0.3) is 11.8 Å². The van der Waals surface area contributed by atoms with Crippen LogP contribution in [-0.4, -0.2) is 61.8 Å². The number of carbonyl (C=O) groups excluding carboxylic acids is 3. The van der Waals surface area contributed by atoms with Crippen LogP contribution in [0.15, 0.2) is 89.8 Å². The fourth-order valence-corrected chi connectivity index (χ4v) is 6.45. The van der Waals surface area contributed by atoms with Gasteiger partial charge in [-0.1, -0.05) is 0 Å². The van der Waals surface area contributed by atoms with E-state index in [0.29, 0.717) is 29.8 Å². The molecule has 0 atom stereocenters. The number of amides is 2. The maximum Gasteiger partial charge on any atom is 0.573 e. The first-order valence-corrected chi connectivity index (χ1v) is 21.0. The van der Waals surface area contributed by atoms with Gasteiger partial charge in [0.05, 0.1) is 32.5 Å². The number of alkyl halides is 12. The van der Waals surface area contributed by atoms with Crippen LogP contribution >= 0.6 is 15.9 Å². The summed E-state index contributed by atoms with van der Waals surface area (Å²) in [6.45, 7) is 2.99. The monoisotopic (exact) mass is 1140 g/mol. The third-order valence-corrected chi connectivity index (χ3v) is 9.95. The van der Waals surface area contributed by atoms with Crippen LogP contribution in [0, 0.1) is 25.5 Å².